The zero-order valence-electron chi connectivity index (χ0n) is 83.3. The topological polar surface area (TPSA) is 222 Å². The second kappa shape index (κ2) is 54.0. The normalized spacial score (nSPS) is 10.9. The molecule has 0 saturated carbocycles. The number of aliphatic hydroxyl groups excluding tert-OH is 4. The Morgan fingerprint density at radius 1 is 0.276 bits per heavy atom. The third-order valence-electron chi connectivity index (χ3n) is 23.7. The van der Waals surface area contributed by atoms with E-state index in [0.29, 0.717) is 5.69 Å². The number of ketones is 4. The molecule has 0 atom stereocenters. The Balaban J connectivity index is 0.000000196. The summed E-state index contributed by atoms with van der Waals surface area (Å²) < 4.78 is 0. The van der Waals surface area contributed by atoms with E-state index in [4.69, 9.17) is 61.1 Å². The van der Waals surface area contributed by atoms with Crippen LogP contribution in [0.25, 0.3) is 181 Å². The molecule has 13 nitrogen and oxygen atoms in total. The maximum Gasteiger partial charge on any atom is 0.316 e. The second-order valence-corrected chi connectivity index (χ2v) is 34.7. The van der Waals surface area contributed by atoms with Crippen LogP contribution >= 0.6 is 0 Å². The van der Waals surface area contributed by atoms with Crippen molar-refractivity contribution in [3.8, 4) is 89.5 Å². The number of hydrogen-bond acceptors (Lipinski definition) is 8. The number of fused-ring (bicyclic) bond motifs is 12. The van der Waals surface area contributed by atoms with Gasteiger partial charge in [0.25, 0.3) is 0 Å². The van der Waals surface area contributed by atoms with Gasteiger partial charge in [-0.3, -0.25) is 19.2 Å². The summed E-state index contributed by atoms with van der Waals surface area (Å²) in [5, 5.41) is 53.3. The molecule has 0 aliphatic carbocycles. The van der Waals surface area contributed by atoms with Gasteiger partial charge in [-0.15, -0.1) is 117 Å². The number of nitrogens with zero attached hydrogens (tertiary/aromatic N) is 5. The van der Waals surface area contributed by atoms with Crippen molar-refractivity contribution in [3.05, 3.63) is 462 Å². The molecule has 0 bridgehead atoms. The van der Waals surface area contributed by atoms with Gasteiger partial charge in [0.15, 0.2) is 5.69 Å². The quantitative estimate of drug-likeness (QED) is 0.0302. The summed E-state index contributed by atoms with van der Waals surface area (Å²) in [5.41, 5.74) is 26.9. The van der Waals surface area contributed by atoms with Gasteiger partial charge >= 0.3 is 23.1 Å². The van der Waals surface area contributed by atoms with Crippen molar-refractivity contribution < 1.29 is 120 Å². The number of aliphatic hydroxyl groups is 4. The number of rotatable bonds is 12. The molecule has 4 radical (unpaired) electrons. The average molecular weight is 2620 g/mol. The summed E-state index contributed by atoms with van der Waals surface area (Å²) >= 11 is 0. The molecule has 0 fully saturated rings. The monoisotopic (exact) mass is 2620 g/mol. The molecule has 20 rings (SSSR count). The summed E-state index contributed by atoms with van der Waals surface area (Å²) in [5.74, 6) is 1.00. The van der Waals surface area contributed by atoms with Crippen LogP contribution in [0.4, 0.5) is 5.69 Å². The fraction of sp³-hybridized carbons (Fsp3) is 0.117. The van der Waals surface area contributed by atoms with E-state index in [1.165, 1.54) is 222 Å². The first-order valence-corrected chi connectivity index (χ1v) is 46.3. The van der Waals surface area contributed by atoms with Crippen LogP contribution in [0.15, 0.2) is 388 Å². The fourth-order valence-corrected chi connectivity index (χ4v) is 17.4. The van der Waals surface area contributed by atoms with Crippen LogP contribution in [0.3, 0.4) is 0 Å². The number of aryl methyl sites for hydroxylation is 6. The predicted octanol–water partition coefficient (Wildman–Crippen LogP) is 32.8. The number of hydrogen-bond donors (Lipinski definition) is 4. The average Bonchev–Trinajstić information content (AvgIpc) is 0.761. The number of pyridine rings is 4. The van der Waals surface area contributed by atoms with E-state index in [9.17, 15) is 0 Å². The Kier molecular flexibility index (Phi) is 42.4. The molecule has 0 aliphatic heterocycles. The predicted molar refractivity (Wildman–Crippen MR) is 591 cm³/mol. The van der Waals surface area contributed by atoms with Gasteiger partial charge in [0, 0.05) is 105 Å². The van der Waals surface area contributed by atoms with Crippen molar-refractivity contribution in [1.29, 1.82) is 0 Å². The van der Waals surface area contributed by atoms with Gasteiger partial charge in [0.2, 0.25) is 0 Å². The summed E-state index contributed by atoms with van der Waals surface area (Å²) in [4.78, 5) is 56.0. The third-order valence-corrected chi connectivity index (χ3v) is 23.7. The minimum atomic E-state index is 0. The van der Waals surface area contributed by atoms with Crippen LogP contribution in [0, 0.1) is 79.3 Å². The molecule has 4 heterocycles. The number of benzene rings is 16. The summed E-state index contributed by atoms with van der Waals surface area (Å²) in [6.45, 7) is 34.4. The Bertz CT molecular complexity index is 8090. The van der Waals surface area contributed by atoms with Gasteiger partial charge in [-0.25, -0.2) is 4.85 Å². The maximum absolute atomic E-state index is 8.40. The second-order valence-electron chi connectivity index (χ2n) is 34.7. The summed E-state index contributed by atoms with van der Waals surface area (Å²) in [7, 11) is 0. The maximum atomic E-state index is 8.40. The van der Waals surface area contributed by atoms with Gasteiger partial charge in [0.05, 0.1) is 81.6 Å². The molecule has 8 N–H and O–H groups in total. The minimum Gasteiger partial charge on any atom is -0.512 e. The smallest absolute Gasteiger partial charge is 0.316 e. The van der Waals surface area contributed by atoms with E-state index in [2.05, 4.69) is 356 Å². The molecule has 0 saturated heterocycles. The van der Waals surface area contributed by atoms with Crippen molar-refractivity contribution >= 4 is 115 Å². The molecule has 145 heavy (non-hydrogen) atoms. The van der Waals surface area contributed by atoms with Gasteiger partial charge in [-0.05, 0) is 198 Å². The molecule has 734 valence electrons. The SMILES string of the molecule is CC(=[OH+])C=C(C)O.CC(=[OH+])C=C(C)O.CC(=[OH+])C=C(C)O.CC(=[OH+])C=C(C)O.Cc1[c-]c(-c2nccc3c2ccc2ccccc23)cc(C)c1-c1ccccc1.Cc1cc(-c2nccc3c2ccc2ccccc23)[c-]cc1-c1ccccc1.Cc1cc2c(ccc3c(-c4[c-]cc(-c5ccccc5)cc4)nccc32)c(C)c1C.[C-]#[N+]c1cccc(-c2c[c-]c(-c3nccc4c3ccc3ccccc34)cc2C)c1.[Ir].[Ir].[Ir].[Ir]. The molecule has 4 aromatic heterocycles. The molecule has 0 spiro atoms. The van der Waals surface area contributed by atoms with E-state index in [0.717, 1.165) is 72.7 Å². The zero-order chi connectivity index (χ0) is 101. The number of aromatic nitrogens is 4. The molecule has 0 unspecified atom stereocenters. The van der Waals surface area contributed by atoms with Crippen LogP contribution in [-0.4, -0.2) is 82.7 Å². The van der Waals surface area contributed by atoms with Crippen molar-refractivity contribution in [2.24, 2.45) is 0 Å². The molecule has 16 aromatic carbocycles. The van der Waals surface area contributed by atoms with Crippen LogP contribution < -0.4 is 0 Å². The first-order valence-electron chi connectivity index (χ1n) is 46.3. The molecule has 0 amide bonds. The largest absolute Gasteiger partial charge is 0.512 e. The summed E-state index contributed by atoms with van der Waals surface area (Å²) in [6.07, 6.45) is 12.7. The van der Waals surface area contributed by atoms with Crippen molar-refractivity contribution in [1.82, 2.24) is 19.9 Å². The van der Waals surface area contributed by atoms with Crippen molar-refractivity contribution in [2.45, 2.75) is 104 Å². The number of carbonyl (C=O) groups excluding carboxylic acids is 4. The Morgan fingerprint density at radius 3 is 0.986 bits per heavy atom. The molecular formula is C128H113Ir4N5O8. The van der Waals surface area contributed by atoms with E-state index in [1.807, 2.05) is 67.3 Å². The standard InChI is InChI=1S/C28H22N.C27H17N2.C27H20N.C26H18N.4C5H8O2.4Ir/c1-18-17-27-24(20(3)19(18)2)13-14-26-25(27)15-16-29-28(26)23-11-9-22(10-12-23)21-7-5-4-6-8-21;1-18-16-21(11-12-23(18)20-7-5-8-22(17-20)28-2)27-26-13-10-19-6-3-4-9-24(19)25(26)14-15-29-27;1-18-16-22(17-19(2)26(18)21-9-4-3-5-10-21)27-25-13-12-20-8-6-7-11-23(20)24(25)14-15-28-27;1-18-17-21(12-13-22(18)19-7-3-2-4-8-19)26-25-14-11-20-9-5-6-10-23(20)24(25)15-16-27-26;4*1-4(6)3-5(2)7;;;;/h4-11,13-17H,1-3H3;3-10,12-17H,1H3;3-16H,1-2H3;2-11,13-17H,1H3;4*3,6H,1-2H3;;;;/q4*-1;;;;;;;;/p+4. The molecule has 20 aromatic rings. The number of allylic oxidation sites excluding steroid dienone is 8. The Morgan fingerprint density at radius 2 is 0.614 bits per heavy atom. The van der Waals surface area contributed by atoms with E-state index >= 15 is 0 Å². The summed E-state index contributed by atoms with van der Waals surface area (Å²) in [6, 6.07) is 124. The zero-order valence-corrected chi connectivity index (χ0v) is 92.9. The Labute approximate surface area is 902 Å². The first-order chi connectivity index (χ1) is 67.9. The minimum absolute atomic E-state index is 0. The van der Waals surface area contributed by atoms with E-state index < -0.39 is 0 Å². The van der Waals surface area contributed by atoms with Crippen LogP contribution in [0.2, 0.25) is 0 Å². The van der Waals surface area contributed by atoms with Crippen molar-refractivity contribution in [2.75, 3.05) is 0 Å². The van der Waals surface area contributed by atoms with Crippen molar-refractivity contribution in [3.63, 3.8) is 0 Å². The van der Waals surface area contributed by atoms with Crippen LogP contribution in [0.5, 0.6) is 0 Å². The van der Waals surface area contributed by atoms with E-state index in [1.54, 1.807) is 0 Å². The third kappa shape index (κ3) is 29.5. The Hall–Kier alpha value is -14.9. The first kappa shape index (κ1) is 114. The van der Waals surface area contributed by atoms with E-state index in [-0.39, 0.29) is 127 Å². The van der Waals surface area contributed by atoms with Gasteiger partial charge in [-0.2, -0.15) is 0 Å². The van der Waals surface area contributed by atoms with Gasteiger partial charge in [0.1, 0.15) is 0 Å². The fourth-order valence-electron chi connectivity index (χ4n) is 17.4. The molecular weight excluding hydrogens is 2500 g/mol. The molecule has 17 heteroatoms. The van der Waals surface area contributed by atoms with Gasteiger partial charge < -0.3 is 40.4 Å². The van der Waals surface area contributed by atoms with Gasteiger partial charge in [-0.1, -0.05) is 315 Å². The molecule has 0 aliphatic rings. The van der Waals surface area contributed by atoms with Crippen LogP contribution in [0.1, 0.15) is 94.3 Å². The van der Waals surface area contributed by atoms with Crippen LogP contribution in [-0.2, 0) is 80.4 Å².